The van der Waals surface area contributed by atoms with Gasteiger partial charge < -0.3 is 10.3 Å². The first-order valence-electron chi connectivity index (χ1n) is 8.93. The van der Waals surface area contributed by atoms with E-state index in [4.69, 9.17) is 0 Å². The van der Waals surface area contributed by atoms with Crippen LogP contribution in [-0.4, -0.2) is 15.9 Å². The maximum Gasteiger partial charge on any atom is 0.255 e. The summed E-state index contributed by atoms with van der Waals surface area (Å²) in [5.41, 5.74) is 3.52. The molecule has 0 atom stereocenters. The van der Waals surface area contributed by atoms with Gasteiger partial charge in [0.05, 0.1) is 16.6 Å². The van der Waals surface area contributed by atoms with Gasteiger partial charge in [0.15, 0.2) is 0 Å². The Morgan fingerprint density at radius 3 is 2.57 bits per heavy atom. The lowest BCUT2D eigenvalue weighted by atomic mass is 10.1. The molecule has 0 bridgehead atoms. The van der Waals surface area contributed by atoms with E-state index in [0.29, 0.717) is 23.5 Å². The first-order chi connectivity index (χ1) is 13.7. The van der Waals surface area contributed by atoms with Gasteiger partial charge in [-0.3, -0.25) is 4.79 Å². The zero-order valence-corrected chi connectivity index (χ0v) is 15.0. The zero-order valence-electron chi connectivity index (χ0n) is 15.0. The number of benzene rings is 3. The predicted molar refractivity (Wildman–Crippen MR) is 109 cm³/mol. The minimum absolute atomic E-state index is 0.285. The molecule has 0 aliphatic rings. The second-order valence-electron chi connectivity index (χ2n) is 6.38. The Kier molecular flexibility index (Phi) is 4.97. The molecule has 0 saturated heterocycles. The van der Waals surface area contributed by atoms with E-state index in [2.05, 4.69) is 15.3 Å². The van der Waals surface area contributed by atoms with Gasteiger partial charge in [0.25, 0.3) is 5.91 Å². The number of fused-ring (bicyclic) bond motifs is 1. The van der Waals surface area contributed by atoms with E-state index in [9.17, 15) is 9.18 Å². The molecule has 0 aliphatic heterocycles. The van der Waals surface area contributed by atoms with E-state index in [0.717, 1.165) is 16.6 Å². The van der Waals surface area contributed by atoms with E-state index < -0.39 is 0 Å². The molecule has 0 saturated carbocycles. The van der Waals surface area contributed by atoms with Crippen molar-refractivity contribution in [2.24, 2.45) is 0 Å². The number of nitrogens with one attached hydrogen (secondary N) is 2. The number of rotatable bonds is 5. The number of hydrogen-bond donors (Lipinski definition) is 2. The normalized spacial score (nSPS) is 11.5. The molecule has 28 heavy (non-hydrogen) atoms. The van der Waals surface area contributed by atoms with Crippen molar-refractivity contribution in [1.29, 1.82) is 0 Å². The Hall–Kier alpha value is -3.73. The van der Waals surface area contributed by atoms with Crippen molar-refractivity contribution < 1.29 is 9.18 Å². The Morgan fingerprint density at radius 2 is 1.79 bits per heavy atom. The smallest absolute Gasteiger partial charge is 0.255 e. The van der Waals surface area contributed by atoms with Crippen molar-refractivity contribution in [3.63, 3.8) is 0 Å². The highest BCUT2D eigenvalue weighted by Gasteiger charge is 2.16. The van der Waals surface area contributed by atoms with Gasteiger partial charge in [-0.1, -0.05) is 54.6 Å². The van der Waals surface area contributed by atoms with E-state index in [1.807, 2.05) is 54.6 Å². The molecule has 4 aromatic rings. The van der Waals surface area contributed by atoms with E-state index >= 15 is 0 Å². The predicted octanol–water partition coefficient (Wildman–Crippen LogP) is 4.56. The van der Waals surface area contributed by atoms with Crippen LogP contribution in [0, 0.1) is 5.82 Å². The average molecular weight is 371 g/mol. The van der Waals surface area contributed by atoms with Gasteiger partial charge >= 0.3 is 0 Å². The first kappa shape index (κ1) is 17.7. The molecular formula is C23H18FN3O. The average Bonchev–Trinajstić information content (AvgIpc) is 3.15. The molecular weight excluding hydrogens is 353 g/mol. The molecule has 0 radical (unpaired) electrons. The molecule has 0 unspecified atom stereocenters. The summed E-state index contributed by atoms with van der Waals surface area (Å²) >= 11 is 0. The third kappa shape index (κ3) is 3.99. The van der Waals surface area contributed by atoms with Crippen molar-refractivity contribution in [2.45, 2.75) is 6.54 Å². The number of halogens is 1. The zero-order chi connectivity index (χ0) is 19.3. The summed E-state index contributed by atoms with van der Waals surface area (Å²) in [6.07, 6.45) is 1.64. The minimum atomic E-state index is -0.359. The Morgan fingerprint density at radius 1 is 1.00 bits per heavy atom. The van der Waals surface area contributed by atoms with Crippen LogP contribution in [0.15, 0.2) is 78.9 Å². The highest BCUT2D eigenvalue weighted by atomic mass is 19.1. The Bertz CT molecular complexity index is 1120. The molecule has 1 amide bonds. The van der Waals surface area contributed by atoms with Crippen LogP contribution in [0.3, 0.4) is 0 Å². The molecule has 0 aliphatic carbocycles. The largest absolute Gasteiger partial charge is 0.348 e. The number of hydrogen-bond acceptors (Lipinski definition) is 2. The molecule has 1 aromatic heterocycles. The van der Waals surface area contributed by atoms with E-state index in [-0.39, 0.29) is 11.7 Å². The molecule has 1 heterocycles. The third-order valence-electron chi connectivity index (χ3n) is 4.34. The maximum atomic E-state index is 13.6. The number of aromatic nitrogens is 2. The van der Waals surface area contributed by atoms with Crippen LogP contribution in [0.5, 0.6) is 0 Å². The lowest BCUT2D eigenvalue weighted by Gasteiger charge is -2.08. The SMILES string of the molecule is O=C(NCc1ccccc1)/C(=C/c1cccc(F)c1)c1nc2ccccc2[nH]1. The number of nitrogens with zero attached hydrogens (tertiary/aromatic N) is 1. The Balaban J connectivity index is 1.69. The topological polar surface area (TPSA) is 57.8 Å². The van der Waals surface area contributed by atoms with E-state index in [1.54, 1.807) is 18.2 Å². The van der Waals surface area contributed by atoms with Crippen molar-refractivity contribution in [3.8, 4) is 0 Å². The van der Waals surface area contributed by atoms with Crippen LogP contribution in [0.1, 0.15) is 17.0 Å². The number of imidazole rings is 1. The fourth-order valence-electron chi connectivity index (χ4n) is 2.96. The number of para-hydroxylation sites is 2. The van der Waals surface area contributed by atoms with Crippen LogP contribution >= 0.6 is 0 Å². The van der Waals surface area contributed by atoms with E-state index in [1.165, 1.54) is 12.1 Å². The van der Waals surface area contributed by atoms with Crippen molar-refractivity contribution in [3.05, 3.63) is 102 Å². The van der Waals surface area contributed by atoms with Crippen LogP contribution in [0.25, 0.3) is 22.7 Å². The van der Waals surface area contributed by atoms with Gasteiger partial charge in [0, 0.05) is 6.54 Å². The standard InChI is InChI=1S/C23H18FN3O/c24-18-10-6-9-17(13-18)14-19(22-26-20-11-4-5-12-21(20)27-22)23(28)25-15-16-7-2-1-3-8-16/h1-14H,15H2,(H,25,28)(H,26,27)/b19-14+. The van der Waals surface area contributed by atoms with Gasteiger partial charge in [-0.15, -0.1) is 0 Å². The summed E-state index contributed by atoms with van der Waals surface area (Å²) in [6.45, 7) is 0.389. The van der Waals surface area contributed by atoms with Gasteiger partial charge in [-0.05, 0) is 41.5 Å². The highest BCUT2D eigenvalue weighted by Crippen LogP contribution is 2.20. The molecule has 0 spiro atoms. The quantitative estimate of drug-likeness (QED) is 0.505. The second-order valence-corrected chi connectivity index (χ2v) is 6.38. The first-order valence-corrected chi connectivity index (χ1v) is 8.93. The van der Waals surface area contributed by atoms with Crippen molar-refractivity contribution >= 4 is 28.6 Å². The van der Waals surface area contributed by atoms with Crippen LogP contribution in [-0.2, 0) is 11.3 Å². The monoisotopic (exact) mass is 371 g/mol. The summed E-state index contributed by atoms with van der Waals surface area (Å²) in [4.78, 5) is 20.7. The summed E-state index contributed by atoms with van der Waals surface area (Å²) in [5.74, 6) is -0.203. The van der Waals surface area contributed by atoms with Crippen molar-refractivity contribution in [1.82, 2.24) is 15.3 Å². The van der Waals surface area contributed by atoms with Crippen LogP contribution in [0.4, 0.5) is 4.39 Å². The number of aromatic amines is 1. The number of H-pyrrole nitrogens is 1. The summed E-state index contributed by atoms with van der Waals surface area (Å²) in [6, 6.07) is 23.3. The van der Waals surface area contributed by atoms with Crippen molar-refractivity contribution in [2.75, 3.05) is 0 Å². The molecule has 0 fully saturated rings. The fourth-order valence-corrected chi connectivity index (χ4v) is 2.96. The molecule has 3 aromatic carbocycles. The third-order valence-corrected chi connectivity index (χ3v) is 4.34. The molecule has 2 N–H and O–H groups in total. The molecule has 5 heteroatoms. The second kappa shape index (κ2) is 7.88. The lowest BCUT2D eigenvalue weighted by molar-refractivity contribution is -0.115. The summed E-state index contributed by atoms with van der Waals surface area (Å²) in [5, 5.41) is 2.92. The van der Waals surface area contributed by atoms with Gasteiger partial charge in [-0.2, -0.15) is 0 Å². The fraction of sp³-hybridized carbons (Fsp3) is 0.0435. The number of carbonyl (C=O) groups is 1. The molecule has 4 rings (SSSR count). The Labute approximate surface area is 161 Å². The lowest BCUT2D eigenvalue weighted by Crippen LogP contribution is -2.24. The highest BCUT2D eigenvalue weighted by molar-refractivity contribution is 6.23. The van der Waals surface area contributed by atoms with Gasteiger partial charge in [0.2, 0.25) is 0 Å². The van der Waals surface area contributed by atoms with Crippen LogP contribution < -0.4 is 5.32 Å². The summed E-state index contributed by atoms with van der Waals surface area (Å²) < 4.78 is 13.6. The summed E-state index contributed by atoms with van der Waals surface area (Å²) in [7, 11) is 0. The number of amides is 1. The van der Waals surface area contributed by atoms with Gasteiger partial charge in [-0.25, -0.2) is 9.37 Å². The number of carbonyl (C=O) groups excluding carboxylic acids is 1. The van der Waals surface area contributed by atoms with Crippen LogP contribution in [0.2, 0.25) is 0 Å². The molecule has 138 valence electrons. The van der Waals surface area contributed by atoms with Gasteiger partial charge in [0.1, 0.15) is 11.6 Å². The molecule has 4 nitrogen and oxygen atoms in total. The maximum absolute atomic E-state index is 13.6. The minimum Gasteiger partial charge on any atom is -0.348 e.